The zero-order chi connectivity index (χ0) is 33.4. The molecule has 0 spiro atoms. The third-order valence-electron chi connectivity index (χ3n) is 7.80. The number of nitrogens with two attached hydrogens (primary N) is 2. The Morgan fingerprint density at radius 1 is 0.889 bits per heavy atom. The quantitative estimate of drug-likeness (QED) is 0.165. The van der Waals surface area contributed by atoms with Crippen LogP contribution in [0.15, 0.2) is 42.5 Å². The third-order valence-corrected chi connectivity index (χ3v) is 7.80. The van der Waals surface area contributed by atoms with E-state index in [-0.39, 0.29) is 18.9 Å². The lowest BCUT2D eigenvalue weighted by atomic mass is 9.89. The summed E-state index contributed by atoms with van der Waals surface area (Å²) >= 11 is 0. The highest BCUT2D eigenvalue weighted by molar-refractivity contribution is 5.98. The Balaban J connectivity index is 1.86. The van der Waals surface area contributed by atoms with Gasteiger partial charge in [-0.05, 0) is 35.6 Å². The molecule has 0 aliphatic carbocycles. The van der Waals surface area contributed by atoms with Gasteiger partial charge in [-0.2, -0.15) is 0 Å². The number of amides is 6. The van der Waals surface area contributed by atoms with Crippen molar-refractivity contribution in [2.24, 2.45) is 17.4 Å². The molecule has 0 bridgehead atoms. The Hall–Kier alpha value is -5.01. The summed E-state index contributed by atoms with van der Waals surface area (Å²) in [5.41, 5.74) is 11.5. The number of hydrogen-bond acceptors (Lipinski definition) is 7. The van der Waals surface area contributed by atoms with E-state index < -0.39 is 84.3 Å². The van der Waals surface area contributed by atoms with Gasteiger partial charge in [-0.25, -0.2) is 0 Å². The number of nitrogens with zero attached hydrogens (tertiary/aromatic N) is 1. The predicted molar refractivity (Wildman–Crippen MR) is 163 cm³/mol. The van der Waals surface area contributed by atoms with Crippen molar-refractivity contribution in [3.8, 4) is 0 Å². The molecule has 1 saturated heterocycles. The predicted octanol–water partition coefficient (Wildman–Crippen LogP) is -0.120. The summed E-state index contributed by atoms with van der Waals surface area (Å²) in [4.78, 5) is 89.0. The second-order valence-corrected chi connectivity index (χ2v) is 11.5. The van der Waals surface area contributed by atoms with Gasteiger partial charge in [0.05, 0.1) is 12.8 Å². The van der Waals surface area contributed by atoms with Crippen molar-refractivity contribution < 1.29 is 38.7 Å². The standard InChI is InChI=1S/C31H40N6O8/c1-16(2)26(28(33)42)36-29(43)17(3)34-30(44)22(15-23(32)38)35-31(45)27-21(12-13-37(27)24(39)10-11-25(40)41)20-9-8-18-6-4-5-7-19(18)14-20/h4-9,14,16-17,21-22,26-27H,10-13,15H2,1-3H3,(H2,32,38)(H2,33,42)(H,34,44)(H,35,45)(H,36,43)(H,40,41)/t17-,21?,22-,26-,27-/m0/s1. The van der Waals surface area contributed by atoms with Crippen LogP contribution in [0.5, 0.6) is 0 Å². The number of fused-ring (bicyclic) bond motifs is 1. The van der Waals surface area contributed by atoms with Gasteiger partial charge in [-0.1, -0.05) is 56.3 Å². The molecule has 5 atom stereocenters. The first kappa shape index (κ1) is 34.5. The van der Waals surface area contributed by atoms with Crippen LogP contribution in [0.1, 0.15) is 57.9 Å². The molecule has 0 radical (unpaired) electrons. The highest BCUT2D eigenvalue weighted by Crippen LogP contribution is 2.36. The molecule has 8 N–H and O–H groups in total. The van der Waals surface area contributed by atoms with Gasteiger partial charge >= 0.3 is 5.97 Å². The molecule has 1 fully saturated rings. The monoisotopic (exact) mass is 624 g/mol. The Labute approximate surface area is 260 Å². The average Bonchev–Trinajstić information content (AvgIpc) is 3.42. The fraction of sp³-hybridized carbons (Fsp3) is 0.452. The zero-order valence-corrected chi connectivity index (χ0v) is 25.4. The first-order valence-corrected chi connectivity index (χ1v) is 14.7. The van der Waals surface area contributed by atoms with Crippen molar-refractivity contribution in [1.29, 1.82) is 0 Å². The first-order valence-electron chi connectivity index (χ1n) is 14.7. The van der Waals surface area contributed by atoms with Crippen LogP contribution in [0, 0.1) is 5.92 Å². The van der Waals surface area contributed by atoms with Crippen LogP contribution in [0.25, 0.3) is 10.8 Å². The van der Waals surface area contributed by atoms with Crippen molar-refractivity contribution in [3.05, 3.63) is 48.0 Å². The Morgan fingerprint density at radius 2 is 1.56 bits per heavy atom. The topological polar surface area (TPSA) is 231 Å². The van der Waals surface area contributed by atoms with E-state index in [0.29, 0.717) is 6.42 Å². The van der Waals surface area contributed by atoms with E-state index in [1.807, 2.05) is 42.5 Å². The van der Waals surface area contributed by atoms with Crippen LogP contribution in [0.3, 0.4) is 0 Å². The molecule has 242 valence electrons. The van der Waals surface area contributed by atoms with E-state index in [4.69, 9.17) is 16.6 Å². The first-order chi connectivity index (χ1) is 21.2. The summed E-state index contributed by atoms with van der Waals surface area (Å²) < 4.78 is 0. The molecule has 1 aliphatic heterocycles. The second-order valence-electron chi connectivity index (χ2n) is 11.5. The van der Waals surface area contributed by atoms with E-state index >= 15 is 0 Å². The fourth-order valence-electron chi connectivity index (χ4n) is 5.43. The summed E-state index contributed by atoms with van der Waals surface area (Å²) in [5.74, 6) is -6.56. The van der Waals surface area contributed by atoms with Crippen LogP contribution in [-0.2, 0) is 33.6 Å². The molecule has 1 aliphatic rings. The lowest BCUT2D eigenvalue weighted by Gasteiger charge is -2.30. The normalized spacial score (nSPS) is 18.1. The van der Waals surface area contributed by atoms with Gasteiger partial charge in [-0.3, -0.25) is 33.6 Å². The molecule has 1 heterocycles. The summed E-state index contributed by atoms with van der Waals surface area (Å²) in [6, 6.07) is 8.47. The maximum atomic E-state index is 13.9. The molecule has 14 heteroatoms. The molecule has 2 aromatic carbocycles. The number of carboxylic acids is 1. The van der Waals surface area contributed by atoms with Gasteiger partial charge in [0, 0.05) is 18.9 Å². The molecule has 0 aromatic heterocycles. The molecule has 45 heavy (non-hydrogen) atoms. The Kier molecular flexibility index (Phi) is 11.6. The third kappa shape index (κ3) is 9.00. The molecule has 3 rings (SSSR count). The Morgan fingerprint density at radius 3 is 2.16 bits per heavy atom. The minimum atomic E-state index is -1.50. The minimum Gasteiger partial charge on any atom is -0.481 e. The number of rotatable bonds is 14. The van der Waals surface area contributed by atoms with Crippen molar-refractivity contribution >= 4 is 52.2 Å². The van der Waals surface area contributed by atoms with E-state index in [2.05, 4.69) is 16.0 Å². The number of aliphatic carboxylic acids is 1. The zero-order valence-electron chi connectivity index (χ0n) is 25.4. The van der Waals surface area contributed by atoms with Gasteiger partial charge in [-0.15, -0.1) is 0 Å². The number of likely N-dealkylation sites (tertiary alicyclic amines) is 1. The highest BCUT2D eigenvalue weighted by atomic mass is 16.4. The van der Waals surface area contributed by atoms with Crippen molar-refractivity contribution in [2.75, 3.05) is 6.54 Å². The van der Waals surface area contributed by atoms with E-state index in [9.17, 15) is 33.6 Å². The van der Waals surface area contributed by atoms with E-state index in [1.54, 1.807) is 13.8 Å². The molecular formula is C31H40N6O8. The lowest BCUT2D eigenvalue weighted by molar-refractivity contribution is -0.143. The number of carboxylic acid groups (broad SMARTS) is 1. The van der Waals surface area contributed by atoms with Gasteiger partial charge in [0.25, 0.3) is 0 Å². The van der Waals surface area contributed by atoms with Crippen LogP contribution >= 0.6 is 0 Å². The maximum absolute atomic E-state index is 13.9. The van der Waals surface area contributed by atoms with Gasteiger partial charge in [0.2, 0.25) is 35.4 Å². The average molecular weight is 625 g/mol. The molecule has 1 unspecified atom stereocenters. The molecule has 6 amide bonds. The largest absolute Gasteiger partial charge is 0.481 e. The number of nitrogens with one attached hydrogen (secondary N) is 3. The fourth-order valence-corrected chi connectivity index (χ4v) is 5.43. The van der Waals surface area contributed by atoms with Crippen molar-refractivity contribution in [3.63, 3.8) is 0 Å². The SMILES string of the molecule is CC(C)[C@H](NC(=O)[C@H](C)NC(=O)[C@H](CC(N)=O)NC(=O)[C@@H]1C(c2ccc3ccccc3c2)CCN1C(=O)CCC(=O)O)C(N)=O. The Bertz CT molecular complexity index is 1480. The minimum absolute atomic E-state index is 0.162. The van der Waals surface area contributed by atoms with Gasteiger partial charge in [0.1, 0.15) is 24.2 Å². The number of primary amides is 2. The number of hydrogen-bond donors (Lipinski definition) is 6. The second kappa shape index (κ2) is 15.1. The summed E-state index contributed by atoms with van der Waals surface area (Å²) in [6.45, 7) is 4.88. The van der Waals surface area contributed by atoms with E-state index in [0.717, 1.165) is 16.3 Å². The molecule has 2 aromatic rings. The lowest BCUT2D eigenvalue weighted by Crippen LogP contribution is -2.58. The summed E-state index contributed by atoms with van der Waals surface area (Å²) in [5, 5.41) is 18.4. The van der Waals surface area contributed by atoms with Crippen LogP contribution in [0.4, 0.5) is 0 Å². The van der Waals surface area contributed by atoms with Crippen molar-refractivity contribution in [2.45, 2.75) is 76.5 Å². The summed E-state index contributed by atoms with van der Waals surface area (Å²) in [7, 11) is 0. The number of benzene rings is 2. The smallest absolute Gasteiger partial charge is 0.303 e. The van der Waals surface area contributed by atoms with E-state index in [1.165, 1.54) is 11.8 Å². The van der Waals surface area contributed by atoms with Crippen molar-refractivity contribution in [1.82, 2.24) is 20.9 Å². The summed E-state index contributed by atoms with van der Waals surface area (Å²) in [6.07, 6.45) is -0.980. The molecule has 0 saturated carbocycles. The van der Waals surface area contributed by atoms with Crippen LogP contribution in [0.2, 0.25) is 0 Å². The van der Waals surface area contributed by atoms with Gasteiger partial charge < -0.3 is 37.4 Å². The van der Waals surface area contributed by atoms with Gasteiger partial charge in [0.15, 0.2) is 0 Å². The number of carbonyl (C=O) groups is 7. The number of carbonyl (C=O) groups excluding carboxylic acids is 6. The molecular weight excluding hydrogens is 584 g/mol. The maximum Gasteiger partial charge on any atom is 0.303 e. The van der Waals surface area contributed by atoms with Crippen LogP contribution < -0.4 is 27.4 Å². The highest BCUT2D eigenvalue weighted by Gasteiger charge is 2.43. The molecule has 14 nitrogen and oxygen atoms in total. The van der Waals surface area contributed by atoms with Crippen LogP contribution in [-0.4, -0.2) is 82.1 Å².